The topological polar surface area (TPSA) is 58.4 Å². The molecule has 6 heteroatoms. The number of nitrogens with one attached hydrogen (secondary N) is 1. The molecule has 1 fully saturated rings. The third-order valence-corrected chi connectivity index (χ3v) is 4.68. The van der Waals surface area contributed by atoms with Crippen molar-refractivity contribution in [2.75, 3.05) is 13.6 Å². The third kappa shape index (κ3) is 7.39. The van der Waals surface area contributed by atoms with Crippen molar-refractivity contribution in [2.24, 2.45) is 11.7 Å². The minimum atomic E-state index is 0. The Bertz CT molecular complexity index is 473. The number of hydrogen-bond acceptors (Lipinski definition) is 3. The average molecular weight is 376 g/mol. The van der Waals surface area contributed by atoms with Crippen molar-refractivity contribution >= 4 is 30.7 Å². The van der Waals surface area contributed by atoms with Crippen LogP contribution in [-0.4, -0.2) is 36.5 Å². The number of hydrogen-bond donors (Lipinski definition) is 2. The maximum absolute atomic E-state index is 12.2. The summed E-state index contributed by atoms with van der Waals surface area (Å²) in [6, 6.07) is 10.9. The highest BCUT2D eigenvalue weighted by atomic mass is 35.5. The van der Waals surface area contributed by atoms with E-state index in [-0.39, 0.29) is 42.7 Å². The first kappa shape index (κ1) is 23.2. The quantitative estimate of drug-likeness (QED) is 0.803. The number of benzene rings is 1. The van der Waals surface area contributed by atoms with Crippen molar-refractivity contribution in [2.45, 2.75) is 51.2 Å². The van der Waals surface area contributed by atoms with Crippen molar-refractivity contribution in [3.63, 3.8) is 0 Å². The third-order valence-electron chi connectivity index (χ3n) is 4.68. The molecule has 3 unspecified atom stereocenters. The Labute approximate surface area is 158 Å². The lowest BCUT2D eigenvalue weighted by atomic mass is 9.85. The fourth-order valence-corrected chi connectivity index (χ4v) is 3.04. The predicted octanol–water partition coefficient (Wildman–Crippen LogP) is 2.98. The second-order valence-corrected chi connectivity index (χ2v) is 6.62. The molecule has 3 N–H and O–H groups in total. The highest BCUT2D eigenvalue weighted by Crippen LogP contribution is 2.23. The Morgan fingerprint density at radius 2 is 1.96 bits per heavy atom. The Hall–Kier alpha value is -0.810. The Balaban J connectivity index is 0.00000264. The normalized spacial score (nSPS) is 21.3. The van der Waals surface area contributed by atoms with Gasteiger partial charge in [0.2, 0.25) is 5.91 Å². The molecule has 0 spiro atoms. The first-order valence-corrected chi connectivity index (χ1v) is 8.33. The molecule has 0 radical (unpaired) electrons. The van der Waals surface area contributed by atoms with Gasteiger partial charge in [0.15, 0.2) is 0 Å². The van der Waals surface area contributed by atoms with Gasteiger partial charge in [-0.15, -0.1) is 24.8 Å². The van der Waals surface area contributed by atoms with Crippen molar-refractivity contribution in [1.82, 2.24) is 10.2 Å². The molecular weight excluding hydrogens is 345 g/mol. The van der Waals surface area contributed by atoms with E-state index in [4.69, 9.17) is 5.73 Å². The molecule has 0 aliphatic heterocycles. The van der Waals surface area contributed by atoms with E-state index in [0.717, 1.165) is 32.2 Å². The highest BCUT2D eigenvalue weighted by molar-refractivity contribution is 5.85. The molecule has 2 rings (SSSR count). The Morgan fingerprint density at radius 3 is 2.58 bits per heavy atom. The van der Waals surface area contributed by atoms with Gasteiger partial charge in [0.25, 0.3) is 0 Å². The SMILES string of the molecule is CC(CNC(=O)C1CCCC(N)C1)N(C)Cc1ccccc1.Cl.Cl. The molecular formula is C18H31Cl2N3O. The van der Waals surface area contributed by atoms with E-state index >= 15 is 0 Å². The lowest BCUT2D eigenvalue weighted by Gasteiger charge is -2.28. The minimum absolute atomic E-state index is 0. The first-order valence-electron chi connectivity index (χ1n) is 8.33. The summed E-state index contributed by atoms with van der Waals surface area (Å²) in [6.07, 6.45) is 3.94. The van der Waals surface area contributed by atoms with Gasteiger partial charge < -0.3 is 11.1 Å². The van der Waals surface area contributed by atoms with Gasteiger partial charge in [-0.3, -0.25) is 9.69 Å². The maximum atomic E-state index is 12.2. The van der Waals surface area contributed by atoms with E-state index in [2.05, 4.69) is 48.5 Å². The summed E-state index contributed by atoms with van der Waals surface area (Å²) in [5.74, 6) is 0.283. The van der Waals surface area contributed by atoms with Crippen LogP contribution in [0.4, 0.5) is 0 Å². The number of halogens is 2. The molecule has 0 bridgehead atoms. The van der Waals surface area contributed by atoms with Crippen LogP contribution in [0.3, 0.4) is 0 Å². The molecule has 1 aliphatic carbocycles. The number of likely N-dealkylation sites (N-methyl/N-ethyl adjacent to an activating group) is 1. The highest BCUT2D eigenvalue weighted by Gasteiger charge is 2.25. The van der Waals surface area contributed by atoms with Gasteiger partial charge in [-0.05, 0) is 38.8 Å². The number of amides is 1. The molecule has 0 aromatic heterocycles. The summed E-state index contributed by atoms with van der Waals surface area (Å²) in [5, 5.41) is 3.10. The van der Waals surface area contributed by atoms with Crippen LogP contribution in [0.5, 0.6) is 0 Å². The van der Waals surface area contributed by atoms with E-state index in [1.807, 2.05) is 6.07 Å². The second kappa shape index (κ2) is 11.7. The smallest absolute Gasteiger partial charge is 0.223 e. The van der Waals surface area contributed by atoms with E-state index < -0.39 is 0 Å². The van der Waals surface area contributed by atoms with E-state index in [1.54, 1.807) is 0 Å². The number of nitrogens with zero attached hydrogens (tertiary/aromatic N) is 1. The van der Waals surface area contributed by atoms with E-state index in [0.29, 0.717) is 12.6 Å². The lowest BCUT2D eigenvalue weighted by molar-refractivity contribution is -0.126. The molecule has 0 saturated heterocycles. The molecule has 1 aromatic carbocycles. The number of carbonyl (C=O) groups excluding carboxylic acids is 1. The standard InChI is InChI=1S/C18H29N3O.2ClH/c1-14(21(2)13-15-7-4-3-5-8-15)12-20-18(22)16-9-6-10-17(19)11-16;;/h3-5,7-8,14,16-17H,6,9-13,19H2,1-2H3,(H,20,22);2*1H. The number of rotatable bonds is 6. The van der Waals surface area contributed by atoms with Crippen molar-refractivity contribution in [3.05, 3.63) is 35.9 Å². The first-order chi connectivity index (χ1) is 10.6. The molecule has 1 saturated carbocycles. The number of nitrogens with two attached hydrogens (primary N) is 1. The fraction of sp³-hybridized carbons (Fsp3) is 0.611. The zero-order valence-corrected chi connectivity index (χ0v) is 16.2. The number of carbonyl (C=O) groups is 1. The van der Waals surface area contributed by atoms with Crippen LogP contribution in [0.15, 0.2) is 30.3 Å². The van der Waals surface area contributed by atoms with Gasteiger partial charge in [0.05, 0.1) is 0 Å². The van der Waals surface area contributed by atoms with Gasteiger partial charge in [-0.25, -0.2) is 0 Å². The van der Waals surface area contributed by atoms with Crippen LogP contribution >= 0.6 is 24.8 Å². The zero-order chi connectivity index (χ0) is 15.9. The minimum Gasteiger partial charge on any atom is -0.354 e. The molecule has 0 heterocycles. The van der Waals surface area contributed by atoms with Crippen molar-refractivity contribution in [3.8, 4) is 0 Å². The van der Waals surface area contributed by atoms with Gasteiger partial charge in [-0.2, -0.15) is 0 Å². The van der Waals surface area contributed by atoms with Gasteiger partial charge >= 0.3 is 0 Å². The summed E-state index contributed by atoms with van der Waals surface area (Å²) < 4.78 is 0. The summed E-state index contributed by atoms with van der Waals surface area (Å²) in [7, 11) is 2.10. The monoisotopic (exact) mass is 375 g/mol. The van der Waals surface area contributed by atoms with Gasteiger partial charge in [0.1, 0.15) is 0 Å². The Morgan fingerprint density at radius 1 is 1.29 bits per heavy atom. The van der Waals surface area contributed by atoms with Gasteiger partial charge in [0, 0.05) is 31.1 Å². The van der Waals surface area contributed by atoms with Crippen LogP contribution in [0.25, 0.3) is 0 Å². The molecule has 1 aromatic rings. The summed E-state index contributed by atoms with van der Waals surface area (Å²) >= 11 is 0. The van der Waals surface area contributed by atoms with Crippen molar-refractivity contribution < 1.29 is 4.79 Å². The lowest BCUT2D eigenvalue weighted by Crippen LogP contribution is -2.43. The molecule has 1 amide bonds. The summed E-state index contributed by atoms with van der Waals surface area (Å²) in [6.45, 7) is 3.73. The summed E-state index contributed by atoms with van der Waals surface area (Å²) in [4.78, 5) is 14.5. The predicted molar refractivity (Wildman–Crippen MR) is 105 cm³/mol. The van der Waals surface area contributed by atoms with Gasteiger partial charge in [-0.1, -0.05) is 36.8 Å². The van der Waals surface area contributed by atoms with Crippen LogP contribution in [0, 0.1) is 5.92 Å². The molecule has 24 heavy (non-hydrogen) atoms. The fourth-order valence-electron chi connectivity index (χ4n) is 3.04. The molecule has 1 aliphatic rings. The zero-order valence-electron chi connectivity index (χ0n) is 14.6. The van der Waals surface area contributed by atoms with Crippen LogP contribution in [0.1, 0.15) is 38.2 Å². The van der Waals surface area contributed by atoms with Crippen molar-refractivity contribution in [1.29, 1.82) is 0 Å². The van der Waals surface area contributed by atoms with Crippen LogP contribution in [0.2, 0.25) is 0 Å². The van der Waals surface area contributed by atoms with E-state index in [1.165, 1.54) is 5.56 Å². The maximum Gasteiger partial charge on any atom is 0.223 e. The largest absolute Gasteiger partial charge is 0.354 e. The average Bonchev–Trinajstić information content (AvgIpc) is 2.53. The van der Waals surface area contributed by atoms with Crippen LogP contribution < -0.4 is 11.1 Å². The molecule has 3 atom stereocenters. The Kier molecular flexibility index (Phi) is 11.3. The van der Waals surface area contributed by atoms with E-state index in [9.17, 15) is 4.79 Å². The second-order valence-electron chi connectivity index (χ2n) is 6.62. The molecule has 138 valence electrons. The molecule has 4 nitrogen and oxygen atoms in total. The van der Waals surface area contributed by atoms with Crippen LogP contribution in [-0.2, 0) is 11.3 Å². The summed E-state index contributed by atoms with van der Waals surface area (Å²) in [5.41, 5.74) is 7.26.